The van der Waals surface area contributed by atoms with E-state index >= 15 is 0 Å². The predicted molar refractivity (Wildman–Crippen MR) is 106 cm³/mol. The third kappa shape index (κ3) is 3.78. The minimum atomic E-state index is -0.845. The topological polar surface area (TPSA) is 85.1 Å². The summed E-state index contributed by atoms with van der Waals surface area (Å²) in [7, 11) is 0. The van der Waals surface area contributed by atoms with Crippen molar-refractivity contribution in [1.82, 2.24) is 4.90 Å². The largest absolute Gasteiger partial charge is 0.502 e. The first-order chi connectivity index (χ1) is 14.3. The number of benzene rings is 2. The molecule has 2 aliphatic rings. The lowest BCUT2D eigenvalue weighted by Gasteiger charge is -2.26. The number of nitrogens with zero attached hydrogens (tertiary/aromatic N) is 4. The smallest absolute Gasteiger partial charge is 0.326 e. The van der Waals surface area contributed by atoms with Crippen LogP contribution in [0.15, 0.2) is 47.6 Å². The first-order valence-corrected chi connectivity index (χ1v) is 9.55. The molecule has 1 atom stereocenters. The number of rotatable bonds is 4. The zero-order chi connectivity index (χ0) is 21.4. The summed E-state index contributed by atoms with van der Waals surface area (Å²) in [4.78, 5) is 40.6. The standard InChI is InChI=1S/C21H20FN5O3/c1-13-9-14(2)11-16(10-13)23-18(28)12-27-20(30)19(29)26-8-7-25(21(26)24-27)17-5-3-15(22)4-6-17/h3-6,9-11,21H,7-8,12H2,1-2H3/p+1. The van der Waals surface area contributed by atoms with Gasteiger partial charge in [0.15, 0.2) is 0 Å². The van der Waals surface area contributed by atoms with E-state index in [1.54, 1.807) is 17.0 Å². The summed E-state index contributed by atoms with van der Waals surface area (Å²) in [5, 5.41) is 7.07. The van der Waals surface area contributed by atoms with Crippen LogP contribution in [0.5, 0.6) is 0 Å². The van der Waals surface area contributed by atoms with Crippen LogP contribution in [0.3, 0.4) is 0 Å². The lowest BCUT2D eigenvalue weighted by atomic mass is 10.1. The third-order valence-electron chi connectivity index (χ3n) is 5.02. The zero-order valence-electron chi connectivity index (χ0n) is 16.6. The second-order valence-corrected chi connectivity index (χ2v) is 7.42. The van der Waals surface area contributed by atoms with Crippen LogP contribution in [0.1, 0.15) is 11.1 Å². The Labute approximate surface area is 172 Å². The second-order valence-electron chi connectivity index (χ2n) is 7.42. The third-order valence-corrected chi connectivity index (χ3v) is 5.02. The number of carbonyl (C=O) groups is 3. The van der Waals surface area contributed by atoms with Gasteiger partial charge in [0, 0.05) is 29.6 Å². The summed E-state index contributed by atoms with van der Waals surface area (Å²) in [5.41, 5.74) is 3.28. The molecule has 0 spiro atoms. The van der Waals surface area contributed by atoms with E-state index in [1.807, 2.05) is 32.0 Å². The fourth-order valence-electron chi connectivity index (χ4n) is 3.75. The molecule has 2 aromatic rings. The van der Waals surface area contributed by atoms with E-state index in [9.17, 15) is 18.8 Å². The van der Waals surface area contributed by atoms with Gasteiger partial charge in [-0.05, 0) is 66.1 Å². The highest BCUT2D eigenvalue weighted by Crippen LogP contribution is 2.27. The van der Waals surface area contributed by atoms with Gasteiger partial charge >= 0.3 is 11.8 Å². The molecule has 0 aromatic heterocycles. The van der Waals surface area contributed by atoms with Gasteiger partial charge in [-0.15, -0.1) is 0 Å². The summed E-state index contributed by atoms with van der Waals surface area (Å²) in [6.45, 7) is 4.23. The summed E-state index contributed by atoms with van der Waals surface area (Å²) in [5.74, 6) is -2.38. The molecule has 4 rings (SSSR count). The van der Waals surface area contributed by atoms with Gasteiger partial charge < -0.3 is 10.2 Å². The molecule has 2 aliphatic heterocycles. The lowest BCUT2D eigenvalue weighted by Crippen LogP contribution is -2.52. The summed E-state index contributed by atoms with van der Waals surface area (Å²) < 4.78 is 14.2. The molecule has 0 aliphatic carbocycles. The molecule has 0 radical (unpaired) electrons. The van der Waals surface area contributed by atoms with Crippen molar-refractivity contribution < 1.29 is 23.5 Å². The van der Waals surface area contributed by atoms with Crippen molar-refractivity contribution in [1.29, 1.82) is 0 Å². The molecule has 30 heavy (non-hydrogen) atoms. The van der Waals surface area contributed by atoms with Gasteiger partial charge in [-0.25, -0.2) is 9.18 Å². The quantitative estimate of drug-likeness (QED) is 0.617. The van der Waals surface area contributed by atoms with Crippen molar-refractivity contribution in [2.45, 2.75) is 20.1 Å². The maximum absolute atomic E-state index is 13.3. The highest BCUT2D eigenvalue weighted by atomic mass is 19.1. The normalized spacial score (nSPS) is 18.4. The van der Waals surface area contributed by atoms with Crippen molar-refractivity contribution in [2.24, 2.45) is 5.11 Å². The SMILES string of the molecule is Cc1cc(C)cc(NC(=O)C[N+]2=NC3N(CCN3c3ccc(F)cc3)C(=O)C2=O)c1. The van der Waals surface area contributed by atoms with Crippen LogP contribution in [-0.2, 0) is 14.4 Å². The highest BCUT2D eigenvalue weighted by molar-refractivity contribution is 6.32. The minimum absolute atomic E-state index is 0.318. The van der Waals surface area contributed by atoms with E-state index in [0.29, 0.717) is 24.5 Å². The van der Waals surface area contributed by atoms with Crippen LogP contribution >= 0.6 is 0 Å². The number of amides is 3. The second kappa shape index (κ2) is 7.66. The van der Waals surface area contributed by atoms with Crippen LogP contribution in [0.2, 0.25) is 0 Å². The molecule has 9 heteroatoms. The number of halogens is 1. The molecule has 154 valence electrons. The average Bonchev–Trinajstić information content (AvgIpc) is 3.09. The minimum Gasteiger partial charge on any atom is -0.326 e. The van der Waals surface area contributed by atoms with Crippen molar-refractivity contribution in [3.8, 4) is 0 Å². The van der Waals surface area contributed by atoms with E-state index in [2.05, 4.69) is 10.4 Å². The van der Waals surface area contributed by atoms with Crippen LogP contribution in [0.25, 0.3) is 0 Å². The van der Waals surface area contributed by atoms with Crippen molar-refractivity contribution in [2.75, 3.05) is 29.9 Å². The molecule has 2 aromatic carbocycles. The van der Waals surface area contributed by atoms with Gasteiger partial charge in [0.2, 0.25) is 0 Å². The van der Waals surface area contributed by atoms with Gasteiger partial charge in [-0.3, -0.25) is 14.5 Å². The summed E-state index contributed by atoms with van der Waals surface area (Å²) >= 11 is 0. The van der Waals surface area contributed by atoms with E-state index in [4.69, 9.17) is 0 Å². The number of aryl methyl sites for hydroxylation is 2. The fourth-order valence-corrected chi connectivity index (χ4v) is 3.75. The first kappa shape index (κ1) is 19.7. The monoisotopic (exact) mass is 410 g/mol. The molecular weight excluding hydrogens is 389 g/mol. The maximum Gasteiger partial charge on any atom is 0.502 e. The number of anilines is 2. The van der Waals surface area contributed by atoms with E-state index < -0.39 is 24.0 Å². The molecule has 8 nitrogen and oxygen atoms in total. The van der Waals surface area contributed by atoms with E-state index in [1.165, 1.54) is 17.0 Å². The highest BCUT2D eigenvalue weighted by Gasteiger charge is 2.49. The number of azo groups is 2. The molecular formula is C21H21FN5O3+. The molecule has 1 N–H and O–H groups in total. The van der Waals surface area contributed by atoms with Crippen LogP contribution in [0, 0.1) is 19.7 Å². The fraction of sp³-hybridized carbons (Fsp3) is 0.286. The molecule has 0 saturated carbocycles. The Kier molecular flexibility index (Phi) is 5.03. The zero-order valence-corrected chi connectivity index (χ0v) is 16.6. The Balaban J connectivity index is 1.55. The van der Waals surface area contributed by atoms with Crippen molar-refractivity contribution >= 4 is 29.1 Å². The Bertz CT molecular complexity index is 1050. The average molecular weight is 410 g/mol. The maximum atomic E-state index is 13.3. The number of carbonyl (C=O) groups excluding carboxylic acids is 3. The van der Waals surface area contributed by atoms with Gasteiger partial charge in [0.1, 0.15) is 5.82 Å². The van der Waals surface area contributed by atoms with E-state index in [0.717, 1.165) is 15.8 Å². The molecule has 3 amide bonds. The van der Waals surface area contributed by atoms with E-state index in [-0.39, 0.29) is 12.4 Å². The molecule has 1 fully saturated rings. The van der Waals surface area contributed by atoms with Crippen LogP contribution in [-0.4, -0.2) is 53.2 Å². The first-order valence-electron chi connectivity index (χ1n) is 9.55. The Hall–Kier alpha value is -3.62. The van der Waals surface area contributed by atoms with Gasteiger partial charge in [-0.1, -0.05) is 6.07 Å². The number of hydrogen-bond donors (Lipinski definition) is 1. The van der Waals surface area contributed by atoms with Gasteiger partial charge in [-0.2, -0.15) is 0 Å². The Morgan fingerprint density at radius 1 is 1.10 bits per heavy atom. The van der Waals surface area contributed by atoms with Crippen molar-refractivity contribution in [3.05, 3.63) is 59.4 Å². The Morgan fingerprint density at radius 3 is 2.40 bits per heavy atom. The van der Waals surface area contributed by atoms with Gasteiger partial charge in [0.05, 0.1) is 0 Å². The number of fused-ring (bicyclic) bond motifs is 1. The van der Waals surface area contributed by atoms with Crippen LogP contribution in [0.4, 0.5) is 15.8 Å². The number of nitrogens with one attached hydrogen (secondary N) is 1. The molecule has 2 heterocycles. The lowest BCUT2D eigenvalue weighted by molar-refractivity contribution is -0.509. The Morgan fingerprint density at radius 2 is 1.73 bits per heavy atom. The van der Waals surface area contributed by atoms with Crippen molar-refractivity contribution in [3.63, 3.8) is 0 Å². The van der Waals surface area contributed by atoms with Gasteiger partial charge in [0.25, 0.3) is 18.7 Å². The molecule has 1 saturated heterocycles. The summed E-state index contributed by atoms with van der Waals surface area (Å²) in [6, 6.07) is 11.4. The molecule has 0 bridgehead atoms. The summed E-state index contributed by atoms with van der Waals surface area (Å²) in [6.07, 6.45) is -0.755. The number of hydrogen-bond acceptors (Lipinski definition) is 5. The van der Waals surface area contributed by atoms with Crippen LogP contribution < -0.4 is 10.2 Å². The molecule has 1 unspecified atom stereocenters. The predicted octanol–water partition coefficient (Wildman–Crippen LogP) is 2.02.